The maximum Gasteiger partial charge on any atom is 0.127 e. The minimum absolute atomic E-state index is 0.869. The van der Waals surface area contributed by atoms with E-state index in [0.717, 1.165) is 26.9 Å². The third-order valence-corrected chi connectivity index (χ3v) is 3.86. The van der Waals surface area contributed by atoms with Gasteiger partial charge in [-0.05, 0) is 58.9 Å². The van der Waals surface area contributed by atoms with E-state index < -0.39 is 0 Å². The van der Waals surface area contributed by atoms with Gasteiger partial charge >= 0.3 is 0 Å². The van der Waals surface area contributed by atoms with Crippen molar-refractivity contribution in [1.29, 1.82) is 0 Å². The van der Waals surface area contributed by atoms with Gasteiger partial charge < -0.3 is 5.32 Å². The van der Waals surface area contributed by atoms with Crippen LogP contribution >= 0.6 is 27.7 Å². The van der Waals surface area contributed by atoms with Gasteiger partial charge in [0.1, 0.15) is 15.9 Å². The third kappa shape index (κ3) is 3.44. The van der Waals surface area contributed by atoms with E-state index in [0.29, 0.717) is 0 Å². The summed E-state index contributed by atoms with van der Waals surface area (Å²) >= 11 is 5.02. The minimum Gasteiger partial charge on any atom is -0.370 e. The number of hydrogen-bond donors (Lipinski definition) is 1. The summed E-state index contributed by atoms with van der Waals surface area (Å²) in [5.41, 5.74) is 0. The van der Waals surface area contributed by atoms with Crippen LogP contribution in [0.3, 0.4) is 0 Å². The van der Waals surface area contributed by atoms with Gasteiger partial charge in [0.05, 0.1) is 4.47 Å². The van der Waals surface area contributed by atoms with Crippen molar-refractivity contribution in [3.05, 3.63) is 41.0 Å². The smallest absolute Gasteiger partial charge is 0.127 e. The zero-order valence-corrected chi connectivity index (χ0v) is 11.8. The summed E-state index contributed by atoms with van der Waals surface area (Å²) in [6.45, 7) is 2.92. The van der Waals surface area contributed by atoms with Crippen molar-refractivity contribution in [3.63, 3.8) is 0 Å². The highest BCUT2D eigenvalue weighted by Gasteiger charge is 2.04. The van der Waals surface area contributed by atoms with Crippen molar-refractivity contribution in [1.82, 2.24) is 9.97 Å². The fourth-order valence-corrected chi connectivity index (χ4v) is 2.56. The molecule has 0 fully saturated rings. The second-order valence-electron chi connectivity index (χ2n) is 3.28. The Bertz CT molecular complexity index is 505. The second-order valence-corrected chi connectivity index (χ2v) is 5.15. The Kier molecular flexibility index (Phi) is 4.39. The Balaban J connectivity index is 2.18. The molecule has 2 rings (SSSR count). The predicted octanol–water partition coefficient (Wildman–Crippen LogP) is 3.82. The molecule has 0 spiro atoms. The van der Waals surface area contributed by atoms with Crippen LogP contribution in [-0.4, -0.2) is 16.5 Å². The fourth-order valence-electron chi connectivity index (χ4n) is 1.30. The van der Waals surface area contributed by atoms with Gasteiger partial charge in [-0.25, -0.2) is 9.97 Å². The van der Waals surface area contributed by atoms with Gasteiger partial charge in [-0.2, -0.15) is 0 Å². The molecule has 0 bridgehead atoms. The summed E-state index contributed by atoms with van der Waals surface area (Å²) in [5.74, 6) is 0.893. The number of hydrogen-bond acceptors (Lipinski definition) is 4. The second kappa shape index (κ2) is 6.02. The summed E-state index contributed by atoms with van der Waals surface area (Å²) in [5, 5.41) is 5.05. The maximum absolute atomic E-state index is 4.49. The van der Waals surface area contributed by atoms with Gasteiger partial charge in [-0.3, -0.25) is 0 Å². The molecule has 0 saturated heterocycles. The first-order chi connectivity index (χ1) is 8.29. The highest BCUT2D eigenvalue weighted by Crippen LogP contribution is 2.30. The average Bonchev–Trinajstić information content (AvgIpc) is 2.33. The summed E-state index contributed by atoms with van der Waals surface area (Å²) in [6.07, 6.45) is 1.78. The lowest BCUT2D eigenvalue weighted by molar-refractivity contribution is 1.06. The van der Waals surface area contributed by atoms with Crippen LogP contribution in [-0.2, 0) is 0 Å². The average molecular weight is 310 g/mol. The molecule has 88 valence electrons. The van der Waals surface area contributed by atoms with Crippen molar-refractivity contribution in [3.8, 4) is 0 Å². The first-order valence-electron chi connectivity index (χ1n) is 5.29. The van der Waals surface area contributed by atoms with Crippen molar-refractivity contribution < 1.29 is 0 Å². The van der Waals surface area contributed by atoms with Crippen molar-refractivity contribution >= 4 is 33.5 Å². The Hall–Kier alpha value is -1.07. The molecule has 1 N–H and O–H groups in total. The molecule has 0 aliphatic carbocycles. The van der Waals surface area contributed by atoms with E-state index in [9.17, 15) is 0 Å². The highest BCUT2D eigenvalue weighted by molar-refractivity contribution is 9.10. The molecule has 5 heteroatoms. The Morgan fingerprint density at radius 3 is 2.94 bits per heavy atom. The number of rotatable bonds is 4. The van der Waals surface area contributed by atoms with E-state index in [2.05, 4.69) is 38.1 Å². The summed E-state index contributed by atoms with van der Waals surface area (Å²) in [4.78, 5) is 8.79. The summed E-state index contributed by atoms with van der Waals surface area (Å²) < 4.78 is 0.987. The molecule has 0 aliphatic rings. The molecule has 0 atom stereocenters. The van der Waals surface area contributed by atoms with Crippen LogP contribution in [0, 0.1) is 0 Å². The normalized spacial score (nSPS) is 10.2. The molecule has 0 unspecified atom stereocenters. The van der Waals surface area contributed by atoms with Gasteiger partial charge in [0.25, 0.3) is 0 Å². The number of nitrogens with one attached hydrogen (secondary N) is 1. The molecule has 0 aliphatic heterocycles. The molecule has 17 heavy (non-hydrogen) atoms. The molecular formula is C12H12BrN3S. The first-order valence-corrected chi connectivity index (χ1v) is 6.90. The lowest BCUT2D eigenvalue weighted by Crippen LogP contribution is -1.99. The zero-order chi connectivity index (χ0) is 12.1. The van der Waals surface area contributed by atoms with Crippen molar-refractivity contribution in [2.24, 2.45) is 0 Å². The van der Waals surface area contributed by atoms with Gasteiger partial charge in [0, 0.05) is 12.7 Å². The molecule has 0 aromatic carbocycles. The third-order valence-electron chi connectivity index (χ3n) is 2.01. The van der Waals surface area contributed by atoms with Crippen molar-refractivity contribution in [2.45, 2.75) is 17.0 Å². The van der Waals surface area contributed by atoms with Gasteiger partial charge in [-0.1, -0.05) is 6.07 Å². The van der Waals surface area contributed by atoms with Crippen molar-refractivity contribution in [2.75, 3.05) is 11.9 Å². The molecule has 2 aromatic rings. The van der Waals surface area contributed by atoms with E-state index in [1.165, 1.54) is 0 Å². The minimum atomic E-state index is 0.869. The largest absolute Gasteiger partial charge is 0.370 e. The number of aromatic nitrogens is 2. The van der Waals surface area contributed by atoms with Gasteiger partial charge in [-0.15, -0.1) is 0 Å². The molecule has 2 heterocycles. The molecular weight excluding hydrogens is 298 g/mol. The van der Waals surface area contributed by atoms with E-state index in [4.69, 9.17) is 0 Å². The molecule has 0 radical (unpaired) electrons. The van der Waals surface area contributed by atoms with Crippen LogP contribution in [0.5, 0.6) is 0 Å². The highest BCUT2D eigenvalue weighted by atomic mass is 79.9. The monoisotopic (exact) mass is 309 g/mol. The maximum atomic E-state index is 4.49. The van der Waals surface area contributed by atoms with E-state index in [1.807, 2.05) is 30.3 Å². The number of halogens is 1. The van der Waals surface area contributed by atoms with Crippen LogP contribution in [0.2, 0.25) is 0 Å². The molecule has 3 nitrogen and oxygen atoms in total. The lowest BCUT2D eigenvalue weighted by Gasteiger charge is -2.05. The van der Waals surface area contributed by atoms with Crippen LogP contribution in [0.25, 0.3) is 0 Å². The molecule has 0 saturated carbocycles. The van der Waals surface area contributed by atoms with Crippen LogP contribution in [0.15, 0.2) is 51.1 Å². The van der Waals surface area contributed by atoms with E-state index in [-0.39, 0.29) is 0 Å². The fraction of sp³-hybridized carbons (Fsp3) is 0.167. The van der Waals surface area contributed by atoms with Gasteiger partial charge in [0.2, 0.25) is 0 Å². The SMILES string of the molecule is CCNc1cccc(Sc2ncccc2Br)n1. The summed E-state index contributed by atoms with van der Waals surface area (Å²) in [7, 11) is 0. The quantitative estimate of drug-likeness (QED) is 0.931. The van der Waals surface area contributed by atoms with Crippen LogP contribution in [0.4, 0.5) is 5.82 Å². The predicted molar refractivity (Wildman–Crippen MR) is 74.5 cm³/mol. The summed E-state index contributed by atoms with van der Waals surface area (Å²) in [6, 6.07) is 9.80. The standard InChI is InChI=1S/C12H12BrN3S/c1-2-14-10-6-3-7-11(16-10)17-12-9(13)5-4-8-15-12/h3-8H,2H2,1H3,(H,14,16). The lowest BCUT2D eigenvalue weighted by atomic mass is 10.4. The topological polar surface area (TPSA) is 37.8 Å². The molecule has 0 amide bonds. The number of nitrogens with zero attached hydrogens (tertiary/aromatic N) is 2. The van der Waals surface area contributed by atoms with E-state index in [1.54, 1.807) is 18.0 Å². The number of pyridine rings is 2. The zero-order valence-electron chi connectivity index (χ0n) is 9.35. The first kappa shape index (κ1) is 12.4. The molecule has 2 aromatic heterocycles. The Morgan fingerprint density at radius 2 is 2.18 bits per heavy atom. The Morgan fingerprint density at radius 1 is 1.29 bits per heavy atom. The van der Waals surface area contributed by atoms with Gasteiger partial charge in [0.15, 0.2) is 0 Å². The van der Waals surface area contributed by atoms with E-state index >= 15 is 0 Å². The van der Waals surface area contributed by atoms with Crippen LogP contribution < -0.4 is 5.32 Å². The Labute approximate surface area is 113 Å². The van der Waals surface area contributed by atoms with Crippen LogP contribution in [0.1, 0.15) is 6.92 Å². The number of anilines is 1.